The molecule has 0 bridgehead atoms. The maximum absolute atomic E-state index is 12.8. The highest BCUT2D eigenvalue weighted by atomic mass is 16.5. The van der Waals surface area contributed by atoms with E-state index in [4.69, 9.17) is 4.74 Å². The Labute approximate surface area is 169 Å². The third kappa shape index (κ3) is 3.23. The number of nitrogens with zero attached hydrogens (tertiary/aromatic N) is 1. The molecule has 1 aliphatic heterocycles. The van der Waals surface area contributed by atoms with Gasteiger partial charge < -0.3 is 14.7 Å². The van der Waals surface area contributed by atoms with E-state index in [1.165, 1.54) is 16.5 Å². The van der Waals surface area contributed by atoms with Gasteiger partial charge in [-0.3, -0.25) is 9.69 Å². The Balaban J connectivity index is 1.32. The highest BCUT2D eigenvalue weighted by Gasteiger charge is 2.20. The number of fused-ring (bicyclic) bond motifs is 2. The number of aromatic nitrogens is 2. The zero-order valence-electron chi connectivity index (χ0n) is 16.4. The standard InChI is InChI=1S/C24H23N3O2/c1-29-17-6-7-23-19(12-17)20(13-25-23)16-8-10-27(11-9-16)15-24(28)21-14-26-22-5-3-2-4-18(21)22/h2-8,12-14,25-26H,9-11,15H2,1H3. The number of ether oxygens (including phenoxy) is 1. The smallest absolute Gasteiger partial charge is 0.178 e. The number of ketones is 1. The topological polar surface area (TPSA) is 61.1 Å². The van der Waals surface area contributed by atoms with Crippen LogP contribution in [0, 0.1) is 0 Å². The van der Waals surface area contributed by atoms with Crippen LogP contribution >= 0.6 is 0 Å². The number of Topliss-reactive ketones (excluding diaryl/α,β-unsaturated/α-hetero) is 1. The summed E-state index contributed by atoms with van der Waals surface area (Å²) in [5, 5.41) is 2.18. The molecule has 0 spiro atoms. The molecule has 0 saturated carbocycles. The molecular formula is C24H23N3O2. The third-order valence-corrected chi connectivity index (χ3v) is 5.78. The minimum Gasteiger partial charge on any atom is -0.497 e. The molecule has 5 heteroatoms. The van der Waals surface area contributed by atoms with Crippen LogP contribution in [-0.2, 0) is 0 Å². The highest BCUT2D eigenvalue weighted by molar-refractivity contribution is 6.08. The maximum atomic E-state index is 12.8. The van der Waals surface area contributed by atoms with Crippen molar-refractivity contribution in [1.29, 1.82) is 0 Å². The average Bonchev–Trinajstić information content (AvgIpc) is 3.38. The van der Waals surface area contributed by atoms with E-state index in [1.807, 2.05) is 42.6 Å². The molecule has 0 fully saturated rings. The molecule has 0 saturated heterocycles. The number of methoxy groups -OCH3 is 1. The summed E-state index contributed by atoms with van der Waals surface area (Å²) < 4.78 is 5.38. The minimum atomic E-state index is 0.163. The minimum absolute atomic E-state index is 0.163. The van der Waals surface area contributed by atoms with Gasteiger partial charge in [0.1, 0.15) is 5.75 Å². The molecule has 29 heavy (non-hydrogen) atoms. The molecule has 2 N–H and O–H groups in total. The van der Waals surface area contributed by atoms with Crippen LogP contribution in [0.25, 0.3) is 27.4 Å². The second-order valence-electron chi connectivity index (χ2n) is 7.50. The molecule has 2 aromatic heterocycles. The summed E-state index contributed by atoms with van der Waals surface area (Å²) in [7, 11) is 1.69. The molecule has 2 aromatic carbocycles. The summed E-state index contributed by atoms with van der Waals surface area (Å²) in [5.41, 5.74) is 5.44. The first kappa shape index (κ1) is 17.8. The van der Waals surface area contributed by atoms with Crippen molar-refractivity contribution in [2.75, 3.05) is 26.7 Å². The summed E-state index contributed by atoms with van der Waals surface area (Å²) in [6, 6.07) is 14.0. The monoisotopic (exact) mass is 385 g/mol. The molecule has 5 rings (SSSR count). The zero-order valence-corrected chi connectivity index (χ0v) is 16.4. The van der Waals surface area contributed by atoms with Gasteiger partial charge in [0.15, 0.2) is 5.78 Å². The Hall–Kier alpha value is -3.31. The van der Waals surface area contributed by atoms with E-state index < -0.39 is 0 Å². The molecule has 1 aliphatic rings. The summed E-state index contributed by atoms with van der Waals surface area (Å²) in [6.45, 7) is 2.09. The lowest BCUT2D eigenvalue weighted by atomic mass is 9.98. The Morgan fingerprint density at radius 3 is 2.72 bits per heavy atom. The Kier molecular flexibility index (Phi) is 4.45. The van der Waals surface area contributed by atoms with Crippen molar-refractivity contribution in [3.05, 3.63) is 72.1 Å². The van der Waals surface area contributed by atoms with Gasteiger partial charge in [0.05, 0.1) is 13.7 Å². The Morgan fingerprint density at radius 2 is 1.90 bits per heavy atom. The number of rotatable bonds is 5. The summed E-state index contributed by atoms with van der Waals surface area (Å²) in [4.78, 5) is 21.6. The number of hydrogen-bond donors (Lipinski definition) is 2. The van der Waals surface area contributed by atoms with E-state index in [0.717, 1.165) is 47.2 Å². The van der Waals surface area contributed by atoms with Crippen molar-refractivity contribution in [1.82, 2.24) is 14.9 Å². The molecule has 0 radical (unpaired) electrons. The maximum Gasteiger partial charge on any atom is 0.178 e. The van der Waals surface area contributed by atoms with Crippen molar-refractivity contribution < 1.29 is 9.53 Å². The average molecular weight is 385 g/mol. The van der Waals surface area contributed by atoms with Crippen molar-refractivity contribution in [2.24, 2.45) is 0 Å². The van der Waals surface area contributed by atoms with Gasteiger partial charge in [-0.1, -0.05) is 24.3 Å². The quantitative estimate of drug-likeness (QED) is 0.493. The number of aromatic amines is 2. The van der Waals surface area contributed by atoms with E-state index in [0.29, 0.717) is 6.54 Å². The predicted octanol–water partition coefficient (Wildman–Crippen LogP) is 4.63. The van der Waals surface area contributed by atoms with E-state index in [9.17, 15) is 4.79 Å². The molecule has 3 heterocycles. The fraction of sp³-hybridized carbons (Fsp3) is 0.208. The van der Waals surface area contributed by atoms with Gasteiger partial charge in [0.25, 0.3) is 0 Å². The summed E-state index contributed by atoms with van der Waals surface area (Å²) in [5.74, 6) is 1.02. The molecule has 0 amide bonds. The second kappa shape index (κ2) is 7.26. The van der Waals surface area contributed by atoms with Gasteiger partial charge in [-0.15, -0.1) is 0 Å². The molecule has 0 unspecified atom stereocenters. The zero-order chi connectivity index (χ0) is 19.8. The van der Waals surface area contributed by atoms with Crippen molar-refractivity contribution in [2.45, 2.75) is 6.42 Å². The van der Waals surface area contributed by atoms with Crippen LogP contribution < -0.4 is 4.74 Å². The van der Waals surface area contributed by atoms with E-state index in [-0.39, 0.29) is 5.78 Å². The summed E-state index contributed by atoms with van der Waals surface area (Å²) >= 11 is 0. The lowest BCUT2D eigenvalue weighted by Gasteiger charge is -2.25. The van der Waals surface area contributed by atoms with Crippen LogP contribution in [0.1, 0.15) is 22.3 Å². The van der Waals surface area contributed by atoms with Gasteiger partial charge in [0.2, 0.25) is 0 Å². The normalized spacial score (nSPS) is 15.0. The Morgan fingerprint density at radius 1 is 1.07 bits per heavy atom. The van der Waals surface area contributed by atoms with Crippen LogP contribution in [0.15, 0.2) is 60.9 Å². The van der Waals surface area contributed by atoms with Crippen LogP contribution in [-0.4, -0.2) is 47.4 Å². The van der Waals surface area contributed by atoms with Gasteiger partial charge in [-0.05, 0) is 36.3 Å². The second-order valence-corrected chi connectivity index (χ2v) is 7.50. The Bertz CT molecular complexity index is 1230. The van der Waals surface area contributed by atoms with Crippen molar-refractivity contribution in [3.8, 4) is 5.75 Å². The van der Waals surface area contributed by atoms with E-state index in [2.05, 4.69) is 33.2 Å². The third-order valence-electron chi connectivity index (χ3n) is 5.78. The lowest BCUT2D eigenvalue weighted by Crippen LogP contribution is -2.33. The lowest BCUT2D eigenvalue weighted by molar-refractivity contribution is 0.0939. The van der Waals surface area contributed by atoms with Crippen molar-refractivity contribution >= 4 is 33.2 Å². The predicted molar refractivity (Wildman–Crippen MR) is 117 cm³/mol. The number of carbonyl (C=O) groups excluding carboxylic acids is 1. The van der Waals surface area contributed by atoms with Crippen LogP contribution in [0.2, 0.25) is 0 Å². The van der Waals surface area contributed by atoms with Gasteiger partial charge in [-0.2, -0.15) is 0 Å². The fourth-order valence-corrected chi connectivity index (χ4v) is 4.18. The SMILES string of the molecule is COc1ccc2[nH]cc(C3=CCN(CC(=O)c4c[nH]c5ccccc45)CC3)c2c1. The van der Waals surface area contributed by atoms with E-state index in [1.54, 1.807) is 7.11 Å². The number of para-hydroxylation sites is 1. The number of nitrogens with one attached hydrogen (secondary N) is 2. The van der Waals surface area contributed by atoms with Gasteiger partial charge >= 0.3 is 0 Å². The van der Waals surface area contributed by atoms with Crippen LogP contribution in [0.4, 0.5) is 0 Å². The first-order valence-corrected chi connectivity index (χ1v) is 9.89. The van der Waals surface area contributed by atoms with Gasteiger partial charge in [0, 0.05) is 58.4 Å². The molecular weight excluding hydrogens is 362 g/mol. The van der Waals surface area contributed by atoms with Gasteiger partial charge in [-0.25, -0.2) is 0 Å². The summed E-state index contributed by atoms with van der Waals surface area (Å²) in [6.07, 6.45) is 7.07. The first-order chi connectivity index (χ1) is 14.2. The van der Waals surface area contributed by atoms with Crippen LogP contribution in [0.3, 0.4) is 0 Å². The van der Waals surface area contributed by atoms with Crippen molar-refractivity contribution in [3.63, 3.8) is 0 Å². The first-order valence-electron chi connectivity index (χ1n) is 9.89. The number of carbonyl (C=O) groups is 1. The van der Waals surface area contributed by atoms with Crippen LogP contribution in [0.5, 0.6) is 5.75 Å². The number of benzene rings is 2. The fourth-order valence-electron chi connectivity index (χ4n) is 4.18. The molecule has 146 valence electrons. The number of H-pyrrole nitrogens is 2. The molecule has 4 aromatic rings. The number of hydrogen-bond acceptors (Lipinski definition) is 3. The molecule has 0 atom stereocenters. The molecule has 5 nitrogen and oxygen atoms in total. The highest BCUT2D eigenvalue weighted by Crippen LogP contribution is 2.31. The molecule has 0 aliphatic carbocycles. The largest absolute Gasteiger partial charge is 0.497 e. The van der Waals surface area contributed by atoms with E-state index >= 15 is 0 Å².